The Labute approximate surface area is 119 Å². The Kier molecular flexibility index (Phi) is 4.20. The summed E-state index contributed by atoms with van der Waals surface area (Å²) in [6.07, 6.45) is 0. The van der Waals surface area contributed by atoms with Crippen molar-refractivity contribution in [2.24, 2.45) is 5.73 Å². The number of amides is 1. The van der Waals surface area contributed by atoms with E-state index >= 15 is 0 Å². The number of rotatable bonds is 4. The number of primary amides is 1. The summed E-state index contributed by atoms with van der Waals surface area (Å²) >= 11 is 5.68. The van der Waals surface area contributed by atoms with Gasteiger partial charge in [-0.3, -0.25) is 4.79 Å². The minimum absolute atomic E-state index is 0.102. The van der Waals surface area contributed by atoms with Crippen LogP contribution in [0.5, 0.6) is 0 Å². The third-order valence-electron chi connectivity index (χ3n) is 2.72. The maximum absolute atomic E-state index is 13.1. The minimum Gasteiger partial charge on any atom is -0.370 e. The normalized spacial score (nSPS) is 11.9. The number of hydrogen-bond donors (Lipinski definition) is 2. The van der Waals surface area contributed by atoms with Crippen molar-refractivity contribution in [3.8, 4) is 0 Å². The van der Waals surface area contributed by atoms with E-state index in [9.17, 15) is 13.6 Å². The number of carbonyl (C=O) groups excluding carboxylic acids is 1. The largest absolute Gasteiger partial charge is 0.370 e. The molecule has 2 rings (SSSR count). The Morgan fingerprint density at radius 1 is 1.15 bits per heavy atom. The molecule has 1 unspecified atom stereocenters. The maximum Gasteiger partial charge on any atom is 0.244 e. The smallest absolute Gasteiger partial charge is 0.244 e. The Balaban J connectivity index is 2.29. The molecular formula is C14H11ClF2N2O. The van der Waals surface area contributed by atoms with Crippen LogP contribution in [0.1, 0.15) is 11.6 Å². The Morgan fingerprint density at radius 2 is 1.80 bits per heavy atom. The third-order valence-corrected chi connectivity index (χ3v) is 3.01. The lowest BCUT2D eigenvalue weighted by Gasteiger charge is -2.17. The molecule has 3 nitrogen and oxygen atoms in total. The zero-order valence-electron chi connectivity index (χ0n) is 10.2. The zero-order valence-corrected chi connectivity index (χ0v) is 11.0. The van der Waals surface area contributed by atoms with E-state index in [1.54, 1.807) is 0 Å². The van der Waals surface area contributed by atoms with Crippen LogP contribution >= 0.6 is 11.6 Å². The van der Waals surface area contributed by atoms with Gasteiger partial charge in [-0.05, 0) is 42.0 Å². The van der Waals surface area contributed by atoms with Gasteiger partial charge in [0.1, 0.15) is 17.7 Å². The number of carbonyl (C=O) groups is 1. The molecule has 0 saturated carbocycles. The summed E-state index contributed by atoms with van der Waals surface area (Å²) in [5, 5.41) is 2.74. The lowest BCUT2D eigenvalue weighted by molar-refractivity contribution is -0.118. The lowest BCUT2D eigenvalue weighted by atomic mass is 10.1. The number of nitrogens with one attached hydrogen (secondary N) is 1. The lowest BCUT2D eigenvalue weighted by Crippen LogP contribution is -2.27. The summed E-state index contributed by atoms with van der Waals surface area (Å²) in [4.78, 5) is 11.5. The second-order valence-electron chi connectivity index (χ2n) is 4.16. The highest BCUT2D eigenvalue weighted by Gasteiger charge is 2.18. The predicted octanol–water partition coefficient (Wildman–Crippen LogP) is 3.26. The summed E-state index contributed by atoms with van der Waals surface area (Å²) in [7, 11) is 0. The monoisotopic (exact) mass is 296 g/mol. The topological polar surface area (TPSA) is 55.1 Å². The van der Waals surface area contributed by atoms with Crippen LogP contribution < -0.4 is 11.1 Å². The molecule has 0 aromatic heterocycles. The Bertz CT molecular complexity index is 632. The first-order valence-corrected chi connectivity index (χ1v) is 6.11. The van der Waals surface area contributed by atoms with Gasteiger partial charge >= 0.3 is 0 Å². The predicted molar refractivity (Wildman–Crippen MR) is 73.4 cm³/mol. The molecule has 0 aliphatic heterocycles. The van der Waals surface area contributed by atoms with E-state index in [-0.39, 0.29) is 5.02 Å². The average molecular weight is 297 g/mol. The highest BCUT2D eigenvalue weighted by molar-refractivity contribution is 6.30. The van der Waals surface area contributed by atoms with Crippen molar-refractivity contribution in [3.63, 3.8) is 0 Å². The van der Waals surface area contributed by atoms with Gasteiger partial charge in [0.25, 0.3) is 0 Å². The van der Waals surface area contributed by atoms with Gasteiger partial charge in [0.2, 0.25) is 5.91 Å². The maximum atomic E-state index is 13.1. The third kappa shape index (κ3) is 3.24. The van der Waals surface area contributed by atoms with Gasteiger partial charge in [-0.2, -0.15) is 0 Å². The second kappa shape index (κ2) is 5.88. The first-order chi connectivity index (χ1) is 9.47. The van der Waals surface area contributed by atoms with Gasteiger partial charge in [0.15, 0.2) is 0 Å². The van der Waals surface area contributed by atoms with Gasteiger partial charge < -0.3 is 11.1 Å². The molecule has 0 aliphatic carbocycles. The summed E-state index contributed by atoms with van der Waals surface area (Å²) in [6.45, 7) is 0. The van der Waals surface area contributed by atoms with Gasteiger partial charge in [-0.1, -0.05) is 17.7 Å². The molecule has 2 aromatic carbocycles. The number of hydrogen-bond acceptors (Lipinski definition) is 2. The van der Waals surface area contributed by atoms with E-state index in [0.717, 1.165) is 6.07 Å². The molecule has 1 atom stereocenters. The van der Waals surface area contributed by atoms with Crippen molar-refractivity contribution in [3.05, 3.63) is 64.7 Å². The number of halogens is 3. The Morgan fingerprint density at radius 3 is 2.35 bits per heavy atom. The fraction of sp³-hybridized carbons (Fsp3) is 0.0714. The average Bonchev–Trinajstić information content (AvgIpc) is 2.41. The summed E-state index contributed by atoms with van der Waals surface area (Å²) in [5.41, 5.74) is 6.26. The van der Waals surface area contributed by atoms with Crippen LogP contribution in [-0.2, 0) is 4.79 Å². The SMILES string of the molecule is NC(=O)C(Nc1ccc(F)cc1)c1ccc(F)c(Cl)c1. The summed E-state index contributed by atoms with van der Waals surface area (Å²) in [5.74, 6) is -1.63. The minimum atomic E-state index is -0.890. The van der Waals surface area contributed by atoms with Crippen molar-refractivity contribution in [1.82, 2.24) is 0 Å². The first-order valence-electron chi connectivity index (χ1n) is 5.74. The van der Waals surface area contributed by atoms with Gasteiger partial charge in [-0.15, -0.1) is 0 Å². The molecule has 0 heterocycles. The van der Waals surface area contributed by atoms with E-state index in [2.05, 4.69) is 5.32 Å². The zero-order chi connectivity index (χ0) is 14.7. The summed E-state index contributed by atoms with van der Waals surface area (Å²) < 4.78 is 25.9. The molecule has 2 aromatic rings. The van der Waals surface area contributed by atoms with Crippen LogP contribution in [0.2, 0.25) is 5.02 Å². The van der Waals surface area contributed by atoms with E-state index in [1.165, 1.54) is 36.4 Å². The van der Waals surface area contributed by atoms with Crippen molar-refractivity contribution in [2.75, 3.05) is 5.32 Å². The van der Waals surface area contributed by atoms with Crippen LogP contribution in [0.25, 0.3) is 0 Å². The molecule has 0 fully saturated rings. The Hall–Kier alpha value is -2.14. The van der Waals surface area contributed by atoms with Crippen molar-refractivity contribution in [2.45, 2.75) is 6.04 Å². The van der Waals surface area contributed by atoms with Gasteiger partial charge in [-0.25, -0.2) is 8.78 Å². The molecule has 0 radical (unpaired) electrons. The van der Waals surface area contributed by atoms with Crippen molar-refractivity contribution >= 4 is 23.2 Å². The quantitative estimate of drug-likeness (QED) is 0.910. The molecule has 6 heteroatoms. The number of benzene rings is 2. The van der Waals surface area contributed by atoms with E-state index < -0.39 is 23.6 Å². The van der Waals surface area contributed by atoms with Crippen LogP contribution in [0.4, 0.5) is 14.5 Å². The van der Waals surface area contributed by atoms with E-state index in [4.69, 9.17) is 17.3 Å². The molecule has 0 bridgehead atoms. The van der Waals surface area contributed by atoms with Crippen molar-refractivity contribution in [1.29, 1.82) is 0 Å². The molecule has 20 heavy (non-hydrogen) atoms. The first kappa shape index (κ1) is 14.3. The molecule has 0 saturated heterocycles. The van der Waals surface area contributed by atoms with Crippen LogP contribution in [-0.4, -0.2) is 5.91 Å². The molecule has 3 N–H and O–H groups in total. The number of nitrogens with two attached hydrogens (primary N) is 1. The highest BCUT2D eigenvalue weighted by atomic mass is 35.5. The standard InChI is InChI=1S/C14H11ClF2N2O/c15-11-7-8(1-6-12(11)17)13(14(18)20)19-10-4-2-9(16)3-5-10/h1-7,13,19H,(H2,18,20). The number of anilines is 1. The summed E-state index contributed by atoms with van der Waals surface area (Å²) in [6, 6.07) is 8.43. The molecule has 104 valence electrons. The van der Waals surface area contributed by atoms with Crippen LogP contribution in [0.15, 0.2) is 42.5 Å². The van der Waals surface area contributed by atoms with Gasteiger partial charge in [0.05, 0.1) is 5.02 Å². The van der Waals surface area contributed by atoms with Crippen LogP contribution in [0, 0.1) is 11.6 Å². The second-order valence-corrected chi connectivity index (χ2v) is 4.57. The molecular weight excluding hydrogens is 286 g/mol. The molecule has 1 amide bonds. The fourth-order valence-corrected chi connectivity index (χ4v) is 1.91. The fourth-order valence-electron chi connectivity index (χ4n) is 1.72. The molecule has 0 spiro atoms. The van der Waals surface area contributed by atoms with Crippen molar-refractivity contribution < 1.29 is 13.6 Å². The van der Waals surface area contributed by atoms with E-state index in [1.807, 2.05) is 0 Å². The van der Waals surface area contributed by atoms with Crippen LogP contribution in [0.3, 0.4) is 0 Å². The highest BCUT2D eigenvalue weighted by Crippen LogP contribution is 2.24. The van der Waals surface area contributed by atoms with Gasteiger partial charge in [0, 0.05) is 5.69 Å². The molecule has 0 aliphatic rings. The van der Waals surface area contributed by atoms with E-state index in [0.29, 0.717) is 11.3 Å².